The van der Waals surface area contributed by atoms with E-state index in [1.54, 1.807) is 0 Å². The van der Waals surface area contributed by atoms with Crippen molar-refractivity contribution in [2.24, 2.45) is 17.3 Å². The molecule has 0 radical (unpaired) electrons. The predicted molar refractivity (Wildman–Crippen MR) is 56.7 cm³/mol. The smallest absolute Gasteiger partial charge is 0.00436 e. The quantitative estimate of drug-likeness (QED) is 0.606. The molecule has 0 aromatic carbocycles. The van der Waals surface area contributed by atoms with Gasteiger partial charge in [-0.25, -0.2) is 0 Å². The Morgan fingerprint density at radius 2 is 1.69 bits per heavy atom. The average molecular weight is 181 g/mol. The highest BCUT2D eigenvalue weighted by Crippen LogP contribution is 2.47. The van der Waals surface area contributed by atoms with E-state index in [2.05, 4.69) is 19.2 Å². The van der Waals surface area contributed by atoms with Gasteiger partial charge in [0.1, 0.15) is 0 Å². The number of rotatable bonds is 0. The van der Waals surface area contributed by atoms with Gasteiger partial charge in [0.05, 0.1) is 0 Å². The minimum Gasteiger partial charge on any atom is -0.317 e. The molecule has 1 nitrogen and oxygen atoms in total. The van der Waals surface area contributed by atoms with Crippen LogP contribution in [0, 0.1) is 17.3 Å². The van der Waals surface area contributed by atoms with Crippen LogP contribution in [0.3, 0.4) is 0 Å². The second-order valence-electron chi connectivity index (χ2n) is 5.45. The lowest BCUT2D eigenvalue weighted by Crippen LogP contribution is -2.41. The van der Waals surface area contributed by atoms with Crippen LogP contribution in [-0.4, -0.2) is 13.1 Å². The van der Waals surface area contributed by atoms with E-state index in [0.717, 1.165) is 17.3 Å². The summed E-state index contributed by atoms with van der Waals surface area (Å²) in [5.74, 6) is 1.94. The molecule has 13 heavy (non-hydrogen) atoms. The van der Waals surface area contributed by atoms with Crippen LogP contribution in [0.1, 0.15) is 46.0 Å². The summed E-state index contributed by atoms with van der Waals surface area (Å²) >= 11 is 0. The van der Waals surface area contributed by atoms with Gasteiger partial charge in [-0.3, -0.25) is 0 Å². The number of hydrogen-bond acceptors (Lipinski definition) is 1. The molecule has 1 saturated heterocycles. The van der Waals surface area contributed by atoms with E-state index in [1.165, 1.54) is 45.2 Å². The van der Waals surface area contributed by atoms with Gasteiger partial charge in [-0.05, 0) is 62.4 Å². The molecule has 1 heterocycles. The van der Waals surface area contributed by atoms with Crippen LogP contribution in [0.5, 0.6) is 0 Å². The van der Waals surface area contributed by atoms with Gasteiger partial charge in [0.2, 0.25) is 0 Å². The summed E-state index contributed by atoms with van der Waals surface area (Å²) in [6.45, 7) is 7.41. The molecule has 2 unspecified atom stereocenters. The lowest BCUT2D eigenvalue weighted by molar-refractivity contribution is 0.0706. The lowest BCUT2D eigenvalue weighted by atomic mass is 9.62. The summed E-state index contributed by atoms with van der Waals surface area (Å²) in [4.78, 5) is 0. The number of nitrogens with one attached hydrogen (secondary N) is 1. The molecular formula is C12H23N. The minimum absolute atomic E-state index is 0.747. The third kappa shape index (κ3) is 1.90. The highest BCUT2D eigenvalue weighted by atomic mass is 14.9. The van der Waals surface area contributed by atoms with Crippen LogP contribution in [0.2, 0.25) is 0 Å². The van der Waals surface area contributed by atoms with Gasteiger partial charge in [0.15, 0.2) is 0 Å². The van der Waals surface area contributed by atoms with E-state index >= 15 is 0 Å². The molecule has 0 aromatic heterocycles. The van der Waals surface area contributed by atoms with E-state index in [-0.39, 0.29) is 0 Å². The van der Waals surface area contributed by atoms with E-state index in [4.69, 9.17) is 0 Å². The fourth-order valence-corrected chi connectivity index (χ4v) is 3.22. The first kappa shape index (κ1) is 9.51. The molecule has 1 spiro atoms. The monoisotopic (exact) mass is 181 g/mol. The maximum absolute atomic E-state index is 3.48. The first-order valence-corrected chi connectivity index (χ1v) is 5.93. The van der Waals surface area contributed by atoms with Crippen LogP contribution in [0.25, 0.3) is 0 Å². The molecule has 2 rings (SSSR count). The Balaban J connectivity index is 1.99. The predicted octanol–water partition coefficient (Wildman–Crippen LogP) is 2.81. The maximum Gasteiger partial charge on any atom is -0.00436 e. The van der Waals surface area contributed by atoms with Crippen molar-refractivity contribution in [2.75, 3.05) is 13.1 Å². The first-order valence-electron chi connectivity index (χ1n) is 5.93. The summed E-state index contributed by atoms with van der Waals surface area (Å²) < 4.78 is 0. The molecule has 0 bridgehead atoms. The summed E-state index contributed by atoms with van der Waals surface area (Å²) in [6, 6.07) is 0. The second-order valence-corrected chi connectivity index (χ2v) is 5.45. The largest absolute Gasteiger partial charge is 0.317 e. The Bertz CT molecular complexity index is 170. The maximum atomic E-state index is 3.48. The highest BCUT2D eigenvalue weighted by molar-refractivity contribution is 4.90. The Labute approximate surface area is 82.3 Å². The van der Waals surface area contributed by atoms with Gasteiger partial charge in [0, 0.05) is 0 Å². The molecule has 1 N–H and O–H groups in total. The zero-order chi connectivity index (χ0) is 9.31. The fourth-order valence-electron chi connectivity index (χ4n) is 3.22. The fraction of sp³-hybridized carbons (Fsp3) is 1.00. The molecule has 2 fully saturated rings. The van der Waals surface area contributed by atoms with Crippen molar-refractivity contribution in [3.8, 4) is 0 Å². The van der Waals surface area contributed by atoms with Gasteiger partial charge in [-0.1, -0.05) is 13.8 Å². The van der Waals surface area contributed by atoms with E-state index in [0.29, 0.717) is 0 Å². The highest BCUT2D eigenvalue weighted by Gasteiger charge is 2.38. The van der Waals surface area contributed by atoms with E-state index < -0.39 is 0 Å². The van der Waals surface area contributed by atoms with Gasteiger partial charge in [-0.2, -0.15) is 0 Å². The summed E-state index contributed by atoms with van der Waals surface area (Å²) in [6.07, 6.45) is 7.34. The number of piperidine rings is 1. The van der Waals surface area contributed by atoms with E-state index in [1.807, 2.05) is 0 Å². The van der Waals surface area contributed by atoms with Crippen molar-refractivity contribution in [2.45, 2.75) is 46.0 Å². The molecule has 1 saturated carbocycles. The molecular weight excluding hydrogens is 158 g/mol. The third-order valence-electron chi connectivity index (χ3n) is 4.52. The van der Waals surface area contributed by atoms with Gasteiger partial charge in [-0.15, -0.1) is 0 Å². The Kier molecular flexibility index (Phi) is 2.64. The molecule has 0 aromatic rings. The van der Waals surface area contributed by atoms with Crippen molar-refractivity contribution in [1.29, 1.82) is 0 Å². The van der Waals surface area contributed by atoms with Gasteiger partial charge < -0.3 is 5.32 Å². The Morgan fingerprint density at radius 3 is 2.31 bits per heavy atom. The van der Waals surface area contributed by atoms with Crippen LogP contribution in [0.4, 0.5) is 0 Å². The molecule has 2 aliphatic rings. The topological polar surface area (TPSA) is 12.0 Å². The Hall–Kier alpha value is -0.0400. The zero-order valence-electron chi connectivity index (χ0n) is 9.10. The number of hydrogen-bond donors (Lipinski definition) is 1. The molecule has 1 aliphatic heterocycles. The summed E-state index contributed by atoms with van der Waals surface area (Å²) in [5.41, 5.74) is 0.747. The second kappa shape index (κ2) is 3.61. The molecule has 76 valence electrons. The minimum atomic E-state index is 0.747. The van der Waals surface area contributed by atoms with Crippen molar-refractivity contribution < 1.29 is 0 Å². The molecule has 0 amide bonds. The molecule has 1 aliphatic carbocycles. The average Bonchev–Trinajstić information content (AvgIpc) is 2.14. The van der Waals surface area contributed by atoms with Crippen LogP contribution >= 0.6 is 0 Å². The first-order chi connectivity index (χ1) is 6.22. The summed E-state index contributed by atoms with van der Waals surface area (Å²) in [5, 5.41) is 3.48. The lowest BCUT2D eigenvalue weighted by Gasteiger charge is -2.45. The normalized spacial score (nSPS) is 39.2. The van der Waals surface area contributed by atoms with Crippen molar-refractivity contribution in [1.82, 2.24) is 5.32 Å². The van der Waals surface area contributed by atoms with Gasteiger partial charge in [0.25, 0.3) is 0 Å². The van der Waals surface area contributed by atoms with Crippen molar-refractivity contribution in [3.63, 3.8) is 0 Å². The molecule has 1 heteroatoms. The molecule has 2 atom stereocenters. The Morgan fingerprint density at radius 1 is 1.00 bits per heavy atom. The zero-order valence-corrected chi connectivity index (χ0v) is 9.10. The summed E-state index contributed by atoms with van der Waals surface area (Å²) in [7, 11) is 0. The van der Waals surface area contributed by atoms with Crippen molar-refractivity contribution in [3.05, 3.63) is 0 Å². The SMILES string of the molecule is CC1CCC2(CCNCC2)CC1C. The third-order valence-corrected chi connectivity index (χ3v) is 4.52. The van der Waals surface area contributed by atoms with Crippen LogP contribution < -0.4 is 5.32 Å². The van der Waals surface area contributed by atoms with Gasteiger partial charge >= 0.3 is 0 Å². The van der Waals surface area contributed by atoms with Crippen LogP contribution in [-0.2, 0) is 0 Å². The van der Waals surface area contributed by atoms with Crippen molar-refractivity contribution >= 4 is 0 Å². The standard InChI is InChI=1S/C12H23N/c1-10-3-4-12(9-11(10)2)5-7-13-8-6-12/h10-11,13H,3-9H2,1-2H3. The van der Waals surface area contributed by atoms with Crippen LogP contribution in [0.15, 0.2) is 0 Å². The van der Waals surface area contributed by atoms with E-state index in [9.17, 15) is 0 Å².